The van der Waals surface area contributed by atoms with Crippen LogP contribution >= 0.6 is 35.6 Å². The first-order chi connectivity index (χ1) is 12.7. The number of hydrogen-bond donors (Lipinski definition) is 1. The van der Waals surface area contributed by atoms with E-state index in [0.717, 1.165) is 37.6 Å². The second-order valence-electron chi connectivity index (χ2n) is 6.23. The third-order valence-corrected chi connectivity index (χ3v) is 5.24. The first-order valence-electron chi connectivity index (χ1n) is 8.42. The van der Waals surface area contributed by atoms with Crippen molar-refractivity contribution in [1.29, 1.82) is 0 Å². The number of halogens is 3. The van der Waals surface area contributed by atoms with Crippen LogP contribution in [0.25, 0.3) is 5.69 Å². The van der Waals surface area contributed by atoms with Gasteiger partial charge in [-0.3, -0.25) is 9.88 Å². The summed E-state index contributed by atoms with van der Waals surface area (Å²) < 4.78 is 1.72. The molecule has 0 aliphatic carbocycles. The fourth-order valence-corrected chi connectivity index (χ4v) is 3.46. The van der Waals surface area contributed by atoms with Crippen molar-refractivity contribution in [2.75, 3.05) is 19.6 Å². The fourth-order valence-electron chi connectivity index (χ4n) is 3.17. The summed E-state index contributed by atoms with van der Waals surface area (Å²) in [6.45, 7) is 3.52. The number of benzene rings is 1. The standard InChI is InChI=1S/C18H18Cl2N6.ClH/c19-16-4-3-15(8-17(16)20)26-12-14(23-24-26)11-25-7-6-22-10-18(25)13-2-1-5-21-9-13;/h1-5,8-9,12,18,22H,6-7,10-11H2;1H. The van der Waals surface area contributed by atoms with Crippen LogP contribution in [0.3, 0.4) is 0 Å². The van der Waals surface area contributed by atoms with Crippen molar-refractivity contribution in [1.82, 2.24) is 30.2 Å². The van der Waals surface area contributed by atoms with Gasteiger partial charge in [0.15, 0.2) is 0 Å². The molecular formula is C18H19Cl3N6. The highest BCUT2D eigenvalue weighted by Crippen LogP contribution is 2.25. The van der Waals surface area contributed by atoms with Crippen molar-refractivity contribution >= 4 is 35.6 Å². The lowest BCUT2D eigenvalue weighted by molar-refractivity contribution is 0.151. The third kappa shape index (κ3) is 4.59. The molecule has 1 saturated heterocycles. The van der Waals surface area contributed by atoms with E-state index in [1.54, 1.807) is 23.0 Å². The number of pyridine rings is 1. The van der Waals surface area contributed by atoms with Gasteiger partial charge >= 0.3 is 0 Å². The minimum Gasteiger partial charge on any atom is -0.314 e. The molecule has 0 spiro atoms. The molecule has 6 nitrogen and oxygen atoms in total. The first-order valence-corrected chi connectivity index (χ1v) is 9.17. The summed E-state index contributed by atoms with van der Waals surface area (Å²) in [4.78, 5) is 6.65. The molecule has 0 amide bonds. The molecular weight excluding hydrogens is 407 g/mol. The van der Waals surface area contributed by atoms with Crippen LogP contribution in [-0.2, 0) is 6.54 Å². The van der Waals surface area contributed by atoms with Crippen molar-refractivity contribution in [2.45, 2.75) is 12.6 Å². The lowest BCUT2D eigenvalue weighted by atomic mass is 10.1. The first kappa shape index (κ1) is 20.0. The molecule has 1 fully saturated rings. The second-order valence-corrected chi connectivity index (χ2v) is 7.04. The predicted molar refractivity (Wildman–Crippen MR) is 109 cm³/mol. The quantitative estimate of drug-likeness (QED) is 0.693. The van der Waals surface area contributed by atoms with E-state index in [1.165, 1.54) is 5.56 Å². The molecule has 0 radical (unpaired) electrons. The van der Waals surface area contributed by atoms with E-state index in [1.807, 2.05) is 24.5 Å². The van der Waals surface area contributed by atoms with Gasteiger partial charge in [-0.25, -0.2) is 4.68 Å². The summed E-state index contributed by atoms with van der Waals surface area (Å²) in [5.74, 6) is 0. The predicted octanol–water partition coefficient (Wildman–Crippen LogP) is 3.54. The van der Waals surface area contributed by atoms with Crippen molar-refractivity contribution < 1.29 is 0 Å². The number of piperazine rings is 1. The van der Waals surface area contributed by atoms with Gasteiger partial charge in [-0.1, -0.05) is 34.5 Å². The molecule has 9 heteroatoms. The van der Waals surface area contributed by atoms with Gasteiger partial charge in [-0.2, -0.15) is 0 Å². The Morgan fingerprint density at radius 2 is 2.07 bits per heavy atom. The maximum Gasteiger partial charge on any atom is 0.0972 e. The zero-order chi connectivity index (χ0) is 17.9. The van der Waals surface area contributed by atoms with Crippen molar-refractivity contribution in [2.24, 2.45) is 0 Å². The number of rotatable bonds is 4. The van der Waals surface area contributed by atoms with Crippen LogP contribution in [0.4, 0.5) is 0 Å². The third-order valence-electron chi connectivity index (χ3n) is 4.50. The van der Waals surface area contributed by atoms with Gasteiger partial charge in [0.2, 0.25) is 0 Å². The molecule has 1 aliphatic heterocycles. The van der Waals surface area contributed by atoms with Crippen molar-refractivity contribution in [3.63, 3.8) is 0 Å². The highest BCUT2D eigenvalue weighted by Gasteiger charge is 2.24. The summed E-state index contributed by atoms with van der Waals surface area (Å²) in [6, 6.07) is 9.77. The number of nitrogens with one attached hydrogen (secondary N) is 1. The second kappa shape index (κ2) is 8.99. The Morgan fingerprint density at radius 1 is 1.19 bits per heavy atom. The van der Waals surface area contributed by atoms with Crippen LogP contribution in [0.15, 0.2) is 48.9 Å². The number of aromatic nitrogens is 4. The van der Waals surface area contributed by atoms with Gasteiger partial charge in [0, 0.05) is 44.6 Å². The maximum absolute atomic E-state index is 6.10. The number of hydrogen-bond acceptors (Lipinski definition) is 5. The van der Waals surface area contributed by atoms with E-state index >= 15 is 0 Å². The molecule has 4 rings (SSSR count). The summed E-state index contributed by atoms with van der Waals surface area (Å²) in [7, 11) is 0. The van der Waals surface area contributed by atoms with Gasteiger partial charge in [-0.05, 0) is 29.8 Å². The Hall–Kier alpha value is -1.70. The van der Waals surface area contributed by atoms with Gasteiger partial charge in [0.1, 0.15) is 0 Å². The summed E-state index contributed by atoms with van der Waals surface area (Å²) >= 11 is 12.1. The summed E-state index contributed by atoms with van der Waals surface area (Å²) in [5, 5.41) is 13.0. The molecule has 1 aromatic carbocycles. The number of nitrogens with zero attached hydrogens (tertiary/aromatic N) is 5. The molecule has 27 heavy (non-hydrogen) atoms. The van der Waals surface area contributed by atoms with Gasteiger partial charge in [0.25, 0.3) is 0 Å². The highest BCUT2D eigenvalue weighted by molar-refractivity contribution is 6.42. The molecule has 1 atom stereocenters. The van der Waals surface area contributed by atoms with Gasteiger partial charge < -0.3 is 5.32 Å². The Bertz CT molecular complexity index is 886. The molecule has 1 aliphatic rings. The molecule has 3 aromatic rings. The Balaban J connectivity index is 0.00000210. The van der Waals surface area contributed by atoms with Crippen LogP contribution in [0.1, 0.15) is 17.3 Å². The Kier molecular flexibility index (Phi) is 6.68. The average molecular weight is 426 g/mol. The zero-order valence-corrected chi connectivity index (χ0v) is 16.8. The van der Waals surface area contributed by atoms with Crippen molar-refractivity contribution in [3.05, 3.63) is 70.2 Å². The smallest absolute Gasteiger partial charge is 0.0972 e. The van der Waals surface area contributed by atoms with Gasteiger partial charge in [0.05, 0.1) is 27.6 Å². The molecule has 0 bridgehead atoms. The average Bonchev–Trinajstić information content (AvgIpc) is 3.14. The Morgan fingerprint density at radius 3 is 2.85 bits per heavy atom. The lowest BCUT2D eigenvalue weighted by Crippen LogP contribution is -2.45. The summed E-state index contributed by atoms with van der Waals surface area (Å²) in [6.07, 6.45) is 5.66. The summed E-state index contributed by atoms with van der Waals surface area (Å²) in [5.41, 5.74) is 2.95. The molecule has 3 heterocycles. The van der Waals surface area contributed by atoms with E-state index in [4.69, 9.17) is 23.2 Å². The van der Waals surface area contributed by atoms with E-state index in [2.05, 4.69) is 31.6 Å². The van der Waals surface area contributed by atoms with Gasteiger partial charge in [-0.15, -0.1) is 17.5 Å². The van der Waals surface area contributed by atoms with Crippen LogP contribution in [0.5, 0.6) is 0 Å². The minimum absolute atomic E-state index is 0. The van der Waals surface area contributed by atoms with E-state index in [9.17, 15) is 0 Å². The van der Waals surface area contributed by atoms with Crippen LogP contribution in [0.2, 0.25) is 10.0 Å². The minimum atomic E-state index is 0. The molecule has 0 saturated carbocycles. The largest absolute Gasteiger partial charge is 0.314 e. The topological polar surface area (TPSA) is 58.9 Å². The molecule has 142 valence electrons. The van der Waals surface area contributed by atoms with Crippen LogP contribution in [-0.4, -0.2) is 44.5 Å². The maximum atomic E-state index is 6.10. The van der Waals surface area contributed by atoms with Crippen molar-refractivity contribution in [3.8, 4) is 5.69 Å². The molecule has 2 aromatic heterocycles. The molecule has 1 unspecified atom stereocenters. The highest BCUT2D eigenvalue weighted by atomic mass is 35.5. The van der Waals surface area contributed by atoms with E-state index < -0.39 is 0 Å². The SMILES string of the molecule is Cl.Clc1ccc(-n2cc(CN3CCNCC3c3cccnc3)nn2)cc1Cl. The van der Waals surface area contributed by atoms with Crippen LogP contribution < -0.4 is 5.32 Å². The zero-order valence-electron chi connectivity index (χ0n) is 14.4. The van der Waals surface area contributed by atoms with E-state index in [-0.39, 0.29) is 18.4 Å². The van der Waals surface area contributed by atoms with E-state index in [0.29, 0.717) is 10.0 Å². The lowest BCUT2D eigenvalue weighted by Gasteiger charge is -2.35. The Labute approximate surface area is 173 Å². The molecule has 1 N–H and O–H groups in total. The monoisotopic (exact) mass is 424 g/mol. The van der Waals surface area contributed by atoms with Crippen LogP contribution in [0, 0.1) is 0 Å². The normalized spacial score (nSPS) is 17.5. The fraction of sp³-hybridized carbons (Fsp3) is 0.278.